The molecule has 22 heavy (non-hydrogen) atoms. The smallest absolute Gasteiger partial charge is 0.230 e. The van der Waals surface area contributed by atoms with Crippen LogP contribution in [0.25, 0.3) is 0 Å². The highest BCUT2D eigenvalue weighted by molar-refractivity contribution is 5.91. The molecule has 0 aliphatic heterocycles. The summed E-state index contributed by atoms with van der Waals surface area (Å²) in [5, 5.41) is 10.1. The van der Waals surface area contributed by atoms with Crippen LogP contribution in [-0.4, -0.2) is 22.1 Å². The van der Waals surface area contributed by atoms with Crippen molar-refractivity contribution in [2.45, 2.75) is 44.6 Å². The number of rotatable bonds is 5. The number of hydrogen-bond donors (Lipinski definition) is 2. The number of carbonyl (C=O) groups excluding carboxylic acids is 1. The fourth-order valence-electron chi connectivity index (χ4n) is 2.90. The highest BCUT2D eigenvalue weighted by atomic mass is 19.1. The van der Waals surface area contributed by atoms with Gasteiger partial charge in [0.15, 0.2) is 0 Å². The van der Waals surface area contributed by atoms with Crippen molar-refractivity contribution in [3.05, 3.63) is 53.1 Å². The molecule has 3 rings (SSSR count). The summed E-state index contributed by atoms with van der Waals surface area (Å²) in [6.07, 6.45) is 2.06. The van der Waals surface area contributed by atoms with Gasteiger partial charge in [-0.2, -0.15) is 5.10 Å². The van der Waals surface area contributed by atoms with E-state index in [1.165, 1.54) is 6.07 Å². The number of hydrogen-bond acceptors (Lipinski definition) is 2. The third-order valence-electron chi connectivity index (χ3n) is 4.23. The van der Waals surface area contributed by atoms with Crippen LogP contribution in [0.15, 0.2) is 30.3 Å². The van der Waals surface area contributed by atoms with Crippen molar-refractivity contribution in [3.8, 4) is 0 Å². The number of benzene rings is 1. The number of nitrogens with zero attached hydrogens (tertiary/aromatic N) is 1. The van der Waals surface area contributed by atoms with Gasteiger partial charge in [-0.15, -0.1) is 0 Å². The zero-order valence-electron chi connectivity index (χ0n) is 12.8. The van der Waals surface area contributed by atoms with Gasteiger partial charge in [0.2, 0.25) is 5.91 Å². The molecule has 1 heterocycles. The maximum atomic E-state index is 14.0. The molecule has 4 nitrogen and oxygen atoms in total. The van der Waals surface area contributed by atoms with Crippen LogP contribution in [0.1, 0.15) is 36.7 Å². The number of halogens is 1. The molecule has 1 saturated carbocycles. The van der Waals surface area contributed by atoms with E-state index in [2.05, 4.69) is 15.5 Å². The average molecular weight is 301 g/mol. The molecule has 0 unspecified atom stereocenters. The molecule has 2 aromatic rings. The van der Waals surface area contributed by atoms with E-state index in [1.807, 2.05) is 19.9 Å². The van der Waals surface area contributed by atoms with Crippen LogP contribution >= 0.6 is 0 Å². The van der Waals surface area contributed by atoms with Crippen molar-refractivity contribution in [3.63, 3.8) is 0 Å². The Morgan fingerprint density at radius 2 is 2.18 bits per heavy atom. The van der Waals surface area contributed by atoms with E-state index >= 15 is 0 Å². The lowest BCUT2D eigenvalue weighted by atomic mass is 9.94. The van der Waals surface area contributed by atoms with Gasteiger partial charge < -0.3 is 5.32 Å². The predicted molar refractivity (Wildman–Crippen MR) is 81.9 cm³/mol. The third kappa shape index (κ3) is 2.75. The number of carbonyl (C=O) groups is 1. The molecular weight excluding hydrogens is 281 g/mol. The molecule has 0 radical (unpaired) electrons. The standard InChI is InChI=1S/C17H20FN3O/c1-11(9-13-10-12(2)20-21-13)19-16(22)17(7-8-17)14-5-3-4-6-15(14)18/h3-6,10-11H,7-9H2,1-2H3,(H,19,22)(H,20,21)/t11-/m1/s1. The van der Waals surface area contributed by atoms with Gasteiger partial charge in [0.05, 0.1) is 11.1 Å². The highest BCUT2D eigenvalue weighted by Gasteiger charge is 2.52. The van der Waals surface area contributed by atoms with Gasteiger partial charge in [-0.3, -0.25) is 9.89 Å². The molecule has 1 fully saturated rings. The summed E-state index contributed by atoms with van der Waals surface area (Å²) < 4.78 is 14.0. The van der Waals surface area contributed by atoms with E-state index < -0.39 is 5.41 Å². The van der Waals surface area contributed by atoms with Crippen LogP contribution in [0.5, 0.6) is 0 Å². The van der Waals surface area contributed by atoms with Gasteiger partial charge in [0.1, 0.15) is 5.82 Å². The van der Waals surface area contributed by atoms with Crippen LogP contribution in [0.4, 0.5) is 4.39 Å². The lowest BCUT2D eigenvalue weighted by Gasteiger charge is -2.20. The van der Waals surface area contributed by atoms with Crippen LogP contribution in [-0.2, 0) is 16.6 Å². The van der Waals surface area contributed by atoms with Crippen molar-refractivity contribution in [2.24, 2.45) is 0 Å². The molecule has 1 aliphatic rings. The second kappa shape index (κ2) is 5.55. The van der Waals surface area contributed by atoms with Crippen molar-refractivity contribution in [1.29, 1.82) is 0 Å². The van der Waals surface area contributed by atoms with Crippen LogP contribution in [0.3, 0.4) is 0 Å². The van der Waals surface area contributed by atoms with Crippen LogP contribution in [0.2, 0.25) is 0 Å². The Labute approximate surface area is 129 Å². The number of H-pyrrole nitrogens is 1. The molecule has 1 aromatic heterocycles. The molecule has 1 aliphatic carbocycles. The first-order chi connectivity index (χ1) is 10.5. The van der Waals surface area contributed by atoms with E-state index in [0.717, 1.165) is 11.4 Å². The van der Waals surface area contributed by atoms with Crippen LogP contribution in [0, 0.1) is 12.7 Å². The molecule has 2 N–H and O–H groups in total. The van der Waals surface area contributed by atoms with Gasteiger partial charge in [-0.05, 0) is 38.8 Å². The number of aryl methyl sites for hydroxylation is 1. The first kappa shape index (κ1) is 14.8. The summed E-state index contributed by atoms with van der Waals surface area (Å²) in [6, 6.07) is 8.48. The molecular formula is C17H20FN3O. The number of aromatic amines is 1. The Bertz CT molecular complexity index is 691. The van der Waals surface area contributed by atoms with Crippen molar-refractivity contribution < 1.29 is 9.18 Å². The zero-order valence-corrected chi connectivity index (χ0v) is 12.8. The van der Waals surface area contributed by atoms with E-state index in [9.17, 15) is 9.18 Å². The molecule has 0 bridgehead atoms. The number of aromatic nitrogens is 2. The van der Waals surface area contributed by atoms with E-state index in [4.69, 9.17) is 0 Å². The minimum atomic E-state index is -0.679. The van der Waals surface area contributed by atoms with Gasteiger partial charge >= 0.3 is 0 Å². The lowest BCUT2D eigenvalue weighted by Crippen LogP contribution is -2.41. The van der Waals surface area contributed by atoms with Crippen molar-refractivity contribution >= 4 is 5.91 Å². The highest BCUT2D eigenvalue weighted by Crippen LogP contribution is 2.49. The SMILES string of the molecule is Cc1cc(C[C@@H](C)NC(=O)C2(c3ccccc3F)CC2)n[nH]1. The van der Waals surface area contributed by atoms with Crippen molar-refractivity contribution in [2.75, 3.05) is 0 Å². The molecule has 0 saturated heterocycles. The van der Waals surface area contributed by atoms with Gasteiger partial charge in [0.25, 0.3) is 0 Å². The molecule has 1 aromatic carbocycles. The maximum absolute atomic E-state index is 14.0. The first-order valence-corrected chi connectivity index (χ1v) is 7.58. The summed E-state index contributed by atoms with van der Waals surface area (Å²) in [4.78, 5) is 12.6. The minimum Gasteiger partial charge on any atom is -0.352 e. The third-order valence-corrected chi connectivity index (χ3v) is 4.23. The zero-order chi connectivity index (χ0) is 15.7. The van der Waals surface area contributed by atoms with Gasteiger partial charge in [-0.1, -0.05) is 18.2 Å². The summed E-state index contributed by atoms with van der Waals surface area (Å²) in [5.74, 6) is -0.386. The van der Waals surface area contributed by atoms with Gasteiger partial charge in [0, 0.05) is 23.7 Å². The van der Waals surface area contributed by atoms with E-state index in [0.29, 0.717) is 24.8 Å². The van der Waals surface area contributed by atoms with E-state index in [1.54, 1.807) is 18.2 Å². The Morgan fingerprint density at radius 3 is 2.77 bits per heavy atom. The topological polar surface area (TPSA) is 57.8 Å². The summed E-state index contributed by atoms with van der Waals surface area (Å²) in [6.45, 7) is 3.89. The predicted octanol–water partition coefficient (Wildman–Crippen LogP) is 2.64. The molecule has 0 spiro atoms. The second-order valence-corrected chi connectivity index (χ2v) is 6.18. The molecule has 1 amide bonds. The Hall–Kier alpha value is -2.17. The largest absolute Gasteiger partial charge is 0.352 e. The monoisotopic (exact) mass is 301 g/mol. The van der Waals surface area contributed by atoms with E-state index in [-0.39, 0.29) is 17.8 Å². The Balaban J connectivity index is 1.68. The first-order valence-electron chi connectivity index (χ1n) is 7.58. The summed E-state index contributed by atoms with van der Waals surface area (Å²) in [5.41, 5.74) is 1.75. The molecule has 1 atom stereocenters. The average Bonchev–Trinajstić information content (AvgIpc) is 3.18. The Morgan fingerprint density at radius 1 is 1.45 bits per heavy atom. The molecule has 5 heteroatoms. The lowest BCUT2D eigenvalue weighted by molar-refractivity contribution is -0.124. The minimum absolute atomic E-state index is 0.0422. The quantitative estimate of drug-likeness (QED) is 0.892. The Kier molecular flexibility index (Phi) is 3.72. The normalized spacial score (nSPS) is 17.0. The summed E-state index contributed by atoms with van der Waals surface area (Å²) >= 11 is 0. The fraction of sp³-hybridized carbons (Fsp3) is 0.412. The number of nitrogens with one attached hydrogen (secondary N) is 2. The molecule has 116 valence electrons. The number of amides is 1. The fourth-order valence-corrected chi connectivity index (χ4v) is 2.90. The van der Waals surface area contributed by atoms with Crippen molar-refractivity contribution in [1.82, 2.24) is 15.5 Å². The van der Waals surface area contributed by atoms with Crippen LogP contribution < -0.4 is 5.32 Å². The van der Waals surface area contributed by atoms with Gasteiger partial charge in [-0.25, -0.2) is 4.39 Å². The maximum Gasteiger partial charge on any atom is 0.230 e. The second-order valence-electron chi connectivity index (χ2n) is 6.18. The summed E-state index contributed by atoms with van der Waals surface area (Å²) in [7, 11) is 0.